The first-order chi connectivity index (χ1) is 13.5. The van der Waals surface area contributed by atoms with Crippen LogP contribution in [0.1, 0.15) is 46.0 Å². The summed E-state index contributed by atoms with van der Waals surface area (Å²) in [6, 6.07) is -4.06. The van der Waals surface area contributed by atoms with Crippen LogP contribution in [0.4, 0.5) is 0 Å². The maximum Gasteiger partial charge on any atom is 0.325 e. The van der Waals surface area contributed by atoms with Crippen molar-refractivity contribution in [2.24, 2.45) is 11.5 Å². The summed E-state index contributed by atoms with van der Waals surface area (Å²) in [6.07, 6.45) is -0.395. The molecule has 29 heavy (non-hydrogen) atoms. The summed E-state index contributed by atoms with van der Waals surface area (Å²) < 4.78 is 0. The minimum atomic E-state index is -1.75. The summed E-state index contributed by atoms with van der Waals surface area (Å²) in [5.41, 5.74) is 10.9. The van der Waals surface area contributed by atoms with Gasteiger partial charge in [-0.15, -0.1) is 0 Å². The van der Waals surface area contributed by atoms with Crippen LogP contribution in [0.15, 0.2) is 0 Å². The molecule has 0 aromatic carbocycles. The zero-order valence-electron chi connectivity index (χ0n) is 16.8. The van der Waals surface area contributed by atoms with Gasteiger partial charge in [-0.2, -0.15) is 0 Å². The Morgan fingerprint density at radius 3 is 2.00 bits per heavy atom. The maximum atomic E-state index is 12.5. The van der Waals surface area contributed by atoms with E-state index < -0.39 is 54.1 Å². The molecule has 0 unspecified atom stereocenters. The number of unbranched alkanes of at least 4 members (excludes halogenated alkanes) is 1. The number of carbonyl (C=O) groups excluding carboxylic acids is 3. The summed E-state index contributed by atoms with van der Waals surface area (Å²) in [5.74, 6) is -3.00. The topological polar surface area (TPSA) is 217 Å². The second kappa shape index (κ2) is 13.8. The van der Waals surface area contributed by atoms with E-state index in [1.54, 1.807) is 0 Å². The maximum absolute atomic E-state index is 12.5. The van der Waals surface area contributed by atoms with Gasteiger partial charge in [0.25, 0.3) is 0 Å². The number of nitrogens with one attached hydrogen (secondary N) is 3. The summed E-state index contributed by atoms with van der Waals surface area (Å²) in [7, 11) is 0. The summed E-state index contributed by atoms with van der Waals surface area (Å²) in [6.45, 7) is 3.10. The summed E-state index contributed by atoms with van der Waals surface area (Å²) in [4.78, 5) is 47.4. The van der Waals surface area contributed by atoms with E-state index in [4.69, 9.17) is 26.8 Å². The highest BCUT2D eigenvalue weighted by atomic mass is 16.5. The highest BCUT2D eigenvalue weighted by Crippen LogP contribution is 2.04. The second-order valence-electron chi connectivity index (χ2n) is 6.82. The van der Waals surface area contributed by atoms with E-state index in [1.165, 1.54) is 13.8 Å². The molecule has 0 aromatic rings. The first-order valence-electron chi connectivity index (χ1n) is 9.44. The number of aliphatic carboxylic acids is 1. The minimum absolute atomic E-state index is 0.00647. The van der Waals surface area contributed by atoms with Crippen molar-refractivity contribution in [2.45, 2.75) is 76.4 Å². The van der Waals surface area contributed by atoms with E-state index in [9.17, 15) is 19.2 Å². The number of carboxylic acids is 1. The normalized spacial score (nSPS) is 15.1. The quantitative estimate of drug-likeness (QED) is 0.107. The number of aliphatic hydroxyl groups excluding tert-OH is 1. The largest absolute Gasteiger partial charge is 0.480 e. The number of aliphatic hydroxyl groups is 2. The standard InChI is InChI=1S/C17H33N5O7/c1-9(14(24)21-10(2)16(26)27)20-15(25)12(5-3-4-8-18)22-13(23)7-6-11(19)17(28)29/h9-12,17,28-29H,3-8,18-19H2,1-2H3,(H,20,25)(H,21,24)(H,22,23)(H,26,27)/t9-,10-,11+,12+/m0/s1. The third-order valence-electron chi connectivity index (χ3n) is 4.17. The van der Waals surface area contributed by atoms with Gasteiger partial charge in [0.1, 0.15) is 18.1 Å². The smallest absolute Gasteiger partial charge is 0.325 e. The first-order valence-corrected chi connectivity index (χ1v) is 9.44. The Hall–Kier alpha value is -2.28. The van der Waals surface area contributed by atoms with Gasteiger partial charge in [-0.05, 0) is 46.1 Å². The first kappa shape index (κ1) is 26.7. The van der Waals surface area contributed by atoms with Crippen LogP contribution in [0.5, 0.6) is 0 Å². The Kier molecular flexibility index (Phi) is 12.7. The fourth-order valence-electron chi connectivity index (χ4n) is 2.25. The van der Waals surface area contributed by atoms with Gasteiger partial charge in [0, 0.05) is 6.42 Å². The fourth-order valence-corrected chi connectivity index (χ4v) is 2.25. The van der Waals surface area contributed by atoms with Gasteiger partial charge in [-0.3, -0.25) is 19.2 Å². The summed E-state index contributed by atoms with van der Waals surface area (Å²) >= 11 is 0. The zero-order valence-corrected chi connectivity index (χ0v) is 16.8. The lowest BCUT2D eigenvalue weighted by Gasteiger charge is -2.22. The molecule has 0 aromatic heterocycles. The zero-order chi connectivity index (χ0) is 22.6. The van der Waals surface area contributed by atoms with Crippen LogP contribution >= 0.6 is 0 Å². The Morgan fingerprint density at radius 2 is 1.48 bits per heavy atom. The lowest BCUT2D eigenvalue weighted by Crippen LogP contribution is -2.54. The molecule has 3 amide bonds. The number of hydrogen-bond acceptors (Lipinski definition) is 8. The SMILES string of the molecule is C[C@H](NC(=O)[C@H](C)NC(=O)[C@@H](CCCCN)NC(=O)CC[C@@H](N)C(O)O)C(=O)O. The van der Waals surface area contributed by atoms with Gasteiger partial charge in [0.15, 0.2) is 6.29 Å². The molecule has 0 spiro atoms. The minimum Gasteiger partial charge on any atom is -0.480 e. The fraction of sp³-hybridized carbons (Fsp3) is 0.765. The number of nitrogens with two attached hydrogens (primary N) is 2. The highest BCUT2D eigenvalue weighted by Gasteiger charge is 2.26. The Bertz CT molecular complexity index is 558. The predicted molar refractivity (Wildman–Crippen MR) is 103 cm³/mol. The third-order valence-corrected chi connectivity index (χ3v) is 4.17. The Labute approximate surface area is 169 Å². The lowest BCUT2D eigenvalue weighted by atomic mass is 10.1. The average Bonchev–Trinajstić information content (AvgIpc) is 2.64. The number of carbonyl (C=O) groups is 4. The van der Waals surface area contributed by atoms with Gasteiger partial charge >= 0.3 is 5.97 Å². The molecular weight excluding hydrogens is 386 g/mol. The molecule has 0 aliphatic rings. The molecule has 0 rings (SSSR count). The molecule has 0 heterocycles. The molecule has 0 aliphatic carbocycles. The monoisotopic (exact) mass is 419 g/mol. The van der Waals surface area contributed by atoms with Crippen LogP contribution in [0.2, 0.25) is 0 Å². The van der Waals surface area contributed by atoms with Gasteiger partial charge in [-0.1, -0.05) is 0 Å². The molecule has 12 nitrogen and oxygen atoms in total. The molecule has 4 atom stereocenters. The van der Waals surface area contributed by atoms with Crippen molar-refractivity contribution in [2.75, 3.05) is 6.54 Å². The number of rotatable bonds is 14. The van der Waals surface area contributed by atoms with Gasteiger partial charge < -0.3 is 42.7 Å². The molecule has 168 valence electrons. The molecule has 0 radical (unpaired) electrons. The van der Waals surface area contributed by atoms with Crippen molar-refractivity contribution in [3.63, 3.8) is 0 Å². The predicted octanol–water partition coefficient (Wildman–Crippen LogP) is -2.89. The number of carboxylic acid groups (broad SMARTS) is 1. The van der Waals surface area contributed by atoms with Crippen LogP contribution in [-0.4, -0.2) is 76.0 Å². The van der Waals surface area contributed by atoms with Crippen molar-refractivity contribution < 1.29 is 34.5 Å². The van der Waals surface area contributed by atoms with E-state index in [-0.39, 0.29) is 19.3 Å². The van der Waals surface area contributed by atoms with Crippen LogP contribution in [0, 0.1) is 0 Å². The van der Waals surface area contributed by atoms with Crippen molar-refractivity contribution in [1.29, 1.82) is 0 Å². The lowest BCUT2D eigenvalue weighted by molar-refractivity contribution is -0.141. The van der Waals surface area contributed by atoms with Crippen LogP contribution in [0.25, 0.3) is 0 Å². The highest BCUT2D eigenvalue weighted by molar-refractivity contribution is 5.93. The second-order valence-corrected chi connectivity index (χ2v) is 6.82. The number of amides is 3. The number of hydrogen-bond donors (Lipinski definition) is 8. The molecule has 0 saturated heterocycles. The van der Waals surface area contributed by atoms with E-state index in [1.807, 2.05) is 0 Å². The molecule has 0 saturated carbocycles. The van der Waals surface area contributed by atoms with E-state index in [2.05, 4.69) is 16.0 Å². The molecule has 10 N–H and O–H groups in total. The van der Waals surface area contributed by atoms with Crippen LogP contribution in [-0.2, 0) is 19.2 Å². The van der Waals surface area contributed by atoms with Crippen molar-refractivity contribution in [3.05, 3.63) is 0 Å². The van der Waals surface area contributed by atoms with Crippen molar-refractivity contribution in [3.8, 4) is 0 Å². The molecule has 0 bridgehead atoms. The van der Waals surface area contributed by atoms with Gasteiger partial charge in [0.05, 0.1) is 6.04 Å². The average molecular weight is 419 g/mol. The molecular formula is C17H33N5O7. The Morgan fingerprint density at radius 1 is 0.897 bits per heavy atom. The van der Waals surface area contributed by atoms with Gasteiger partial charge in [-0.25, -0.2) is 0 Å². The third kappa shape index (κ3) is 11.3. The van der Waals surface area contributed by atoms with Crippen molar-refractivity contribution >= 4 is 23.7 Å². The van der Waals surface area contributed by atoms with E-state index in [0.717, 1.165) is 0 Å². The van der Waals surface area contributed by atoms with Crippen LogP contribution < -0.4 is 27.4 Å². The molecule has 12 heteroatoms. The molecule has 0 fully saturated rings. The summed E-state index contributed by atoms with van der Waals surface area (Å²) in [5, 5.41) is 33.9. The van der Waals surface area contributed by atoms with E-state index in [0.29, 0.717) is 19.4 Å². The molecule has 0 aliphatic heterocycles. The van der Waals surface area contributed by atoms with Gasteiger partial charge in [0.2, 0.25) is 17.7 Å². The van der Waals surface area contributed by atoms with Crippen LogP contribution in [0.3, 0.4) is 0 Å². The Balaban J connectivity index is 4.83. The van der Waals surface area contributed by atoms with E-state index >= 15 is 0 Å². The van der Waals surface area contributed by atoms with Crippen molar-refractivity contribution in [1.82, 2.24) is 16.0 Å².